The molecule has 1 aliphatic heterocycles. The van der Waals surface area contributed by atoms with Gasteiger partial charge in [-0.15, -0.1) is 0 Å². The molecule has 2 rings (SSSR count). The number of nitrogens with zero attached hydrogens (tertiary/aromatic N) is 1. The fraction of sp³-hybridized carbons (Fsp3) is 0.588. The lowest BCUT2D eigenvalue weighted by Gasteiger charge is -2.31. The van der Waals surface area contributed by atoms with E-state index in [0.717, 1.165) is 0 Å². The van der Waals surface area contributed by atoms with Crippen molar-refractivity contribution < 1.29 is 22.7 Å². The van der Waals surface area contributed by atoms with Gasteiger partial charge in [0.2, 0.25) is 15.9 Å². The number of para-hydroxylation sites is 2. The number of carbonyl (C=O) groups excluding carboxylic acids is 1. The Bertz CT molecular complexity index is 677. The maximum Gasteiger partial charge on any atom is 0.228 e. The van der Waals surface area contributed by atoms with Gasteiger partial charge in [-0.2, -0.15) is 0 Å². The van der Waals surface area contributed by atoms with Crippen LogP contribution in [0.25, 0.3) is 0 Å². The molecule has 0 aliphatic carbocycles. The van der Waals surface area contributed by atoms with Gasteiger partial charge in [0.25, 0.3) is 0 Å². The minimum absolute atomic E-state index is 0.0645. The molecule has 1 amide bonds. The highest BCUT2D eigenvalue weighted by atomic mass is 32.2. The van der Waals surface area contributed by atoms with E-state index in [9.17, 15) is 13.2 Å². The Morgan fingerprint density at radius 2 is 2.12 bits per heavy atom. The van der Waals surface area contributed by atoms with E-state index >= 15 is 0 Å². The quantitative estimate of drug-likeness (QED) is 0.753. The van der Waals surface area contributed by atoms with Gasteiger partial charge in [0, 0.05) is 20.2 Å². The predicted octanol–water partition coefficient (Wildman–Crippen LogP) is 1.71. The molecule has 1 fully saturated rings. The van der Waals surface area contributed by atoms with Crippen LogP contribution in [0.4, 0.5) is 5.69 Å². The lowest BCUT2D eigenvalue weighted by molar-refractivity contribution is -0.120. The van der Waals surface area contributed by atoms with Crippen LogP contribution in [0.5, 0.6) is 5.75 Å². The van der Waals surface area contributed by atoms with Crippen LogP contribution >= 0.6 is 0 Å². The Balaban J connectivity index is 2.02. The molecule has 1 aromatic rings. The third kappa shape index (κ3) is 5.42. The molecule has 0 radical (unpaired) electrons. The largest absolute Gasteiger partial charge is 0.492 e. The molecule has 140 valence electrons. The zero-order valence-corrected chi connectivity index (χ0v) is 15.5. The first-order valence-corrected chi connectivity index (χ1v) is 10.1. The Hall–Kier alpha value is -1.64. The molecule has 0 bridgehead atoms. The summed E-state index contributed by atoms with van der Waals surface area (Å²) in [7, 11) is -1.93. The predicted molar refractivity (Wildman–Crippen MR) is 96.2 cm³/mol. The molecule has 0 spiro atoms. The highest BCUT2D eigenvalue weighted by Gasteiger charge is 2.32. The van der Waals surface area contributed by atoms with Gasteiger partial charge in [-0.1, -0.05) is 12.1 Å². The normalized spacial score (nSPS) is 18.7. The molecule has 1 heterocycles. The minimum atomic E-state index is -3.40. The van der Waals surface area contributed by atoms with Gasteiger partial charge in [-0.05, 0) is 31.9 Å². The van der Waals surface area contributed by atoms with Gasteiger partial charge < -0.3 is 14.8 Å². The summed E-state index contributed by atoms with van der Waals surface area (Å²) in [5.74, 6) is -0.0105. The molecule has 1 aromatic carbocycles. The molecule has 1 atom stereocenters. The van der Waals surface area contributed by atoms with Gasteiger partial charge in [0.05, 0.1) is 30.6 Å². The van der Waals surface area contributed by atoms with E-state index in [1.54, 1.807) is 12.1 Å². The van der Waals surface area contributed by atoms with Crippen LogP contribution in [0, 0.1) is 5.92 Å². The fourth-order valence-electron chi connectivity index (χ4n) is 2.81. The zero-order chi connectivity index (χ0) is 18.3. The second-order valence-corrected chi connectivity index (χ2v) is 8.01. The first-order chi connectivity index (χ1) is 12.0. The SMILES string of the molecule is CCOc1ccccc1NC(=O)C1CCCN(S(=O)(=O)CCOC)C1. The molecule has 25 heavy (non-hydrogen) atoms. The molecule has 7 nitrogen and oxygen atoms in total. The van der Waals surface area contributed by atoms with Crippen LogP contribution in [-0.2, 0) is 19.6 Å². The minimum Gasteiger partial charge on any atom is -0.492 e. The summed E-state index contributed by atoms with van der Waals surface area (Å²) >= 11 is 0. The van der Waals surface area contributed by atoms with Crippen LogP contribution in [-0.4, -0.2) is 57.8 Å². The summed E-state index contributed by atoms with van der Waals surface area (Å²) in [6.45, 7) is 3.18. The number of carbonyl (C=O) groups is 1. The average molecular weight is 370 g/mol. The van der Waals surface area contributed by atoms with Crippen LogP contribution in [0.3, 0.4) is 0 Å². The smallest absolute Gasteiger partial charge is 0.228 e. The van der Waals surface area contributed by atoms with E-state index in [1.807, 2.05) is 19.1 Å². The molecular weight excluding hydrogens is 344 g/mol. The van der Waals surface area contributed by atoms with E-state index in [-0.39, 0.29) is 30.7 Å². The molecule has 1 aliphatic rings. The average Bonchev–Trinajstić information content (AvgIpc) is 2.62. The maximum atomic E-state index is 12.6. The molecule has 8 heteroatoms. The van der Waals surface area contributed by atoms with E-state index in [0.29, 0.717) is 37.4 Å². The number of anilines is 1. The van der Waals surface area contributed by atoms with Crippen LogP contribution in [0.1, 0.15) is 19.8 Å². The Morgan fingerprint density at radius 1 is 1.36 bits per heavy atom. The van der Waals surface area contributed by atoms with Crippen molar-refractivity contribution >= 4 is 21.6 Å². The van der Waals surface area contributed by atoms with Crippen molar-refractivity contribution in [3.8, 4) is 5.75 Å². The molecule has 1 N–H and O–H groups in total. The van der Waals surface area contributed by atoms with Gasteiger partial charge in [0.15, 0.2) is 0 Å². The summed E-state index contributed by atoms with van der Waals surface area (Å²) in [5.41, 5.74) is 0.605. The van der Waals surface area contributed by atoms with Crippen molar-refractivity contribution in [2.75, 3.05) is 44.5 Å². The number of ether oxygens (including phenoxy) is 2. The van der Waals surface area contributed by atoms with E-state index in [2.05, 4.69) is 5.32 Å². The summed E-state index contributed by atoms with van der Waals surface area (Å²) in [5, 5.41) is 2.87. The lowest BCUT2D eigenvalue weighted by atomic mass is 9.98. The number of piperidine rings is 1. The zero-order valence-electron chi connectivity index (χ0n) is 14.7. The van der Waals surface area contributed by atoms with Crippen molar-refractivity contribution in [1.82, 2.24) is 4.31 Å². The third-order valence-corrected chi connectivity index (χ3v) is 5.94. The third-order valence-electron chi connectivity index (χ3n) is 4.14. The first kappa shape index (κ1) is 19.7. The fourth-order valence-corrected chi connectivity index (χ4v) is 4.26. The lowest BCUT2D eigenvalue weighted by Crippen LogP contribution is -2.45. The first-order valence-electron chi connectivity index (χ1n) is 8.47. The second kappa shape index (κ2) is 9.17. The van der Waals surface area contributed by atoms with Crippen LogP contribution < -0.4 is 10.1 Å². The van der Waals surface area contributed by atoms with Crippen molar-refractivity contribution in [1.29, 1.82) is 0 Å². The van der Waals surface area contributed by atoms with Crippen LogP contribution in [0.2, 0.25) is 0 Å². The van der Waals surface area contributed by atoms with E-state index in [4.69, 9.17) is 9.47 Å². The van der Waals surface area contributed by atoms with Crippen molar-refractivity contribution in [2.24, 2.45) is 5.92 Å². The van der Waals surface area contributed by atoms with Crippen molar-refractivity contribution in [3.63, 3.8) is 0 Å². The maximum absolute atomic E-state index is 12.6. The summed E-state index contributed by atoms with van der Waals surface area (Å²) in [6.07, 6.45) is 1.33. The van der Waals surface area contributed by atoms with Crippen molar-refractivity contribution in [2.45, 2.75) is 19.8 Å². The Labute approximate surface area is 149 Å². The number of hydrogen-bond donors (Lipinski definition) is 1. The van der Waals surface area contributed by atoms with E-state index in [1.165, 1.54) is 11.4 Å². The number of nitrogens with one attached hydrogen (secondary N) is 1. The molecule has 1 unspecified atom stereocenters. The Kier molecular flexibility index (Phi) is 7.22. The van der Waals surface area contributed by atoms with Gasteiger partial charge in [0.1, 0.15) is 5.75 Å². The van der Waals surface area contributed by atoms with Gasteiger partial charge in [-0.3, -0.25) is 4.79 Å². The number of sulfonamides is 1. The Morgan fingerprint density at radius 3 is 2.84 bits per heavy atom. The standard InChI is InChI=1S/C17H26N2O5S/c1-3-24-16-9-5-4-8-15(16)18-17(20)14-7-6-10-19(13-14)25(21,22)12-11-23-2/h4-5,8-9,14H,3,6-7,10-13H2,1-2H3,(H,18,20). The summed E-state index contributed by atoms with van der Waals surface area (Å²) in [6, 6.07) is 7.23. The highest BCUT2D eigenvalue weighted by Crippen LogP contribution is 2.26. The second-order valence-electron chi connectivity index (χ2n) is 5.92. The number of rotatable bonds is 8. The van der Waals surface area contributed by atoms with Gasteiger partial charge in [-0.25, -0.2) is 12.7 Å². The summed E-state index contributed by atoms with van der Waals surface area (Å²) in [4.78, 5) is 12.6. The van der Waals surface area contributed by atoms with Crippen molar-refractivity contribution in [3.05, 3.63) is 24.3 Å². The molecular formula is C17H26N2O5S. The molecule has 0 saturated carbocycles. The molecule has 0 aromatic heterocycles. The van der Waals surface area contributed by atoms with E-state index < -0.39 is 10.0 Å². The van der Waals surface area contributed by atoms with Crippen LogP contribution in [0.15, 0.2) is 24.3 Å². The molecule has 1 saturated heterocycles. The van der Waals surface area contributed by atoms with Gasteiger partial charge >= 0.3 is 0 Å². The number of benzene rings is 1. The monoisotopic (exact) mass is 370 g/mol. The number of amides is 1. The summed E-state index contributed by atoms with van der Waals surface area (Å²) < 4.78 is 36.4. The number of hydrogen-bond acceptors (Lipinski definition) is 5. The number of methoxy groups -OCH3 is 1. The highest BCUT2D eigenvalue weighted by molar-refractivity contribution is 7.89. The topological polar surface area (TPSA) is 84.9 Å².